The maximum absolute atomic E-state index is 11.1. The molecule has 0 saturated carbocycles. The molecule has 1 aromatic rings. The average Bonchev–Trinajstić information content (AvgIpc) is 2.27. The number of carbonyl (C=O) groups excluding carboxylic acids is 2. The number of methoxy groups -OCH3 is 2. The molecule has 0 N–H and O–H groups in total. The first-order valence-electron chi connectivity index (χ1n) is 3.81. The number of hydrogen-bond acceptors (Lipinski definition) is 5. The van der Waals surface area contributed by atoms with Crippen LogP contribution in [0, 0.1) is 0 Å². The highest BCUT2D eigenvalue weighted by atomic mass is 16.5. The Balaban J connectivity index is 3.16. The first-order valence-corrected chi connectivity index (χ1v) is 3.81. The third kappa shape index (κ3) is 2.07. The van der Waals surface area contributed by atoms with Crippen LogP contribution in [0.4, 0.5) is 0 Å². The van der Waals surface area contributed by atoms with Gasteiger partial charge in [-0.25, -0.2) is 9.78 Å². The van der Waals surface area contributed by atoms with Crippen LogP contribution in [0.2, 0.25) is 0 Å². The van der Waals surface area contributed by atoms with Crippen molar-refractivity contribution in [2.45, 2.75) is 0 Å². The largest absolute Gasteiger partial charge is 0.481 e. The Kier molecular flexibility index (Phi) is 3.17. The molecule has 0 atom stereocenters. The molecule has 1 heterocycles. The fraction of sp³-hybridized carbons (Fsp3) is 0.222. The van der Waals surface area contributed by atoms with Gasteiger partial charge in [-0.1, -0.05) is 0 Å². The van der Waals surface area contributed by atoms with Gasteiger partial charge in [0.1, 0.15) is 6.29 Å². The van der Waals surface area contributed by atoms with Crippen molar-refractivity contribution in [1.29, 1.82) is 0 Å². The maximum atomic E-state index is 11.1. The van der Waals surface area contributed by atoms with Gasteiger partial charge in [-0.15, -0.1) is 0 Å². The number of nitrogens with zero attached hydrogens (tertiary/aromatic N) is 1. The Morgan fingerprint density at radius 1 is 1.43 bits per heavy atom. The zero-order valence-corrected chi connectivity index (χ0v) is 7.81. The van der Waals surface area contributed by atoms with Crippen molar-refractivity contribution in [2.24, 2.45) is 0 Å². The quantitative estimate of drug-likeness (QED) is 0.524. The second-order valence-corrected chi connectivity index (χ2v) is 2.44. The van der Waals surface area contributed by atoms with Crippen LogP contribution < -0.4 is 4.74 Å². The molecule has 14 heavy (non-hydrogen) atoms. The summed E-state index contributed by atoms with van der Waals surface area (Å²) in [6.07, 6.45) is 0.608. The summed E-state index contributed by atoms with van der Waals surface area (Å²) in [5.74, 6) is -0.401. The fourth-order valence-corrected chi connectivity index (χ4v) is 0.907. The van der Waals surface area contributed by atoms with E-state index in [1.54, 1.807) is 0 Å². The molecular weight excluding hydrogens is 186 g/mol. The highest BCUT2D eigenvalue weighted by molar-refractivity contribution is 5.89. The van der Waals surface area contributed by atoms with E-state index in [4.69, 9.17) is 4.74 Å². The van der Waals surface area contributed by atoms with Crippen LogP contribution in [-0.4, -0.2) is 31.5 Å². The SMILES string of the molecule is COC(=O)c1cc(C=O)cc(OC)n1. The molecule has 1 aromatic heterocycles. The van der Waals surface area contributed by atoms with Crippen LogP contribution in [0.3, 0.4) is 0 Å². The number of rotatable bonds is 3. The molecule has 74 valence electrons. The molecule has 0 aliphatic heterocycles. The van der Waals surface area contributed by atoms with Gasteiger partial charge in [0, 0.05) is 11.6 Å². The predicted molar refractivity (Wildman–Crippen MR) is 47.5 cm³/mol. The van der Waals surface area contributed by atoms with Gasteiger partial charge < -0.3 is 9.47 Å². The number of aromatic nitrogens is 1. The summed E-state index contributed by atoms with van der Waals surface area (Å²) in [5.41, 5.74) is 0.367. The Hall–Kier alpha value is -1.91. The topological polar surface area (TPSA) is 65.5 Å². The molecule has 1 rings (SSSR count). The second kappa shape index (κ2) is 4.36. The average molecular weight is 195 g/mol. The summed E-state index contributed by atoms with van der Waals surface area (Å²) < 4.78 is 9.28. The smallest absolute Gasteiger partial charge is 0.356 e. The lowest BCUT2D eigenvalue weighted by atomic mass is 10.2. The third-order valence-electron chi connectivity index (χ3n) is 1.56. The van der Waals surface area contributed by atoms with Crippen molar-refractivity contribution in [2.75, 3.05) is 14.2 Å². The lowest BCUT2D eigenvalue weighted by Gasteiger charge is -2.02. The molecule has 0 radical (unpaired) electrons. The van der Waals surface area contributed by atoms with Crippen LogP contribution >= 0.6 is 0 Å². The van der Waals surface area contributed by atoms with Crippen LogP contribution in [0.1, 0.15) is 20.8 Å². The zero-order valence-electron chi connectivity index (χ0n) is 7.81. The highest BCUT2D eigenvalue weighted by Gasteiger charge is 2.10. The molecule has 0 amide bonds. The van der Waals surface area contributed by atoms with Gasteiger partial charge in [-0.05, 0) is 6.07 Å². The molecule has 0 aromatic carbocycles. The second-order valence-electron chi connectivity index (χ2n) is 2.44. The lowest BCUT2D eigenvalue weighted by Crippen LogP contribution is -2.06. The summed E-state index contributed by atoms with van der Waals surface area (Å²) in [6.45, 7) is 0. The maximum Gasteiger partial charge on any atom is 0.356 e. The molecule has 5 heteroatoms. The van der Waals surface area contributed by atoms with E-state index in [1.807, 2.05) is 0 Å². The zero-order chi connectivity index (χ0) is 10.6. The van der Waals surface area contributed by atoms with Gasteiger partial charge in [0.05, 0.1) is 14.2 Å². The number of carbonyl (C=O) groups is 2. The minimum atomic E-state index is -0.605. The Morgan fingerprint density at radius 3 is 2.64 bits per heavy atom. The molecule has 0 bridgehead atoms. The first kappa shape index (κ1) is 10.2. The van der Waals surface area contributed by atoms with E-state index in [2.05, 4.69) is 9.72 Å². The number of hydrogen-bond donors (Lipinski definition) is 0. The van der Waals surface area contributed by atoms with Gasteiger partial charge >= 0.3 is 5.97 Å². The number of pyridine rings is 1. The Morgan fingerprint density at radius 2 is 2.14 bits per heavy atom. The monoisotopic (exact) mass is 195 g/mol. The number of esters is 1. The summed E-state index contributed by atoms with van der Waals surface area (Å²) in [5, 5.41) is 0. The summed E-state index contributed by atoms with van der Waals surface area (Å²) in [6, 6.07) is 2.76. The number of aldehydes is 1. The van der Waals surface area contributed by atoms with Crippen LogP contribution in [-0.2, 0) is 4.74 Å². The van der Waals surface area contributed by atoms with Gasteiger partial charge in [-0.2, -0.15) is 0 Å². The van der Waals surface area contributed by atoms with Gasteiger partial charge in [0.25, 0.3) is 0 Å². The minimum Gasteiger partial charge on any atom is -0.481 e. The van der Waals surface area contributed by atoms with Gasteiger partial charge in [0.15, 0.2) is 5.69 Å². The molecule has 0 fully saturated rings. The predicted octanol–water partition coefficient (Wildman–Crippen LogP) is 0.689. The molecule has 0 spiro atoms. The van der Waals surface area contributed by atoms with Gasteiger partial charge in [0.2, 0.25) is 5.88 Å². The van der Waals surface area contributed by atoms with Crippen molar-refractivity contribution in [3.63, 3.8) is 0 Å². The van der Waals surface area contributed by atoms with E-state index < -0.39 is 5.97 Å². The van der Waals surface area contributed by atoms with E-state index >= 15 is 0 Å². The molecule has 5 nitrogen and oxygen atoms in total. The fourth-order valence-electron chi connectivity index (χ4n) is 0.907. The normalized spacial score (nSPS) is 9.29. The van der Waals surface area contributed by atoms with Crippen molar-refractivity contribution in [3.05, 3.63) is 23.4 Å². The van der Waals surface area contributed by atoms with E-state index in [-0.39, 0.29) is 11.6 Å². The summed E-state index contributed by atoms with van der Waals surface area (Å²) >= 11 is 0. The molecule has 0 unspecified atom stereocenters. The lowest BCUT2D eigenvalue weighted by molar-refractivity contribution is 0.0593. The van der Waals surface area contributed by atoms with E-state index in [0.29, 0.717) is 11.8 Å². The Bertz CT molecular complexity index is 362. The summed E-state index contributed by atoms with van der Waals surface area (Å²) in [4.78, 5) is 25.4. The Labute approximate surface area is 80.7 Å². The first-order chi connectivity index (χ1) is 6.71. The van der Waals surface area contributed by atoms with Crippen molar-refractivity contribution >= 4 is 12.3 Å². The minimum absolute atomic E-state index is 0.0500. The van der Waals surface area contributed by atoms with E-state index in [0.717, 1.165) is 0 Å². The standard InChI is InChI=1S/C9H9NO4/c1-13-8-4-6(5-11)3-7(10-8)9(12)14-2/h3-5H,1-2H3. The highest BCUT2D eigenvalue weighted by Crippen LogP contribution is 2.11. The van der Waals surface area contributed by atoms with Crippen molar-refractivity contribution in [1.82, 2.24) is 4.98 Å². The molecule has 0 saturated heterocycles. The van der Waals surface area contributed by atoms with Crippen LogP contribution in [0.25, 0.3) is 0 Å². The van der Waals surface area contributed by atoms with Gasteiger partial charge in [-0.3, -0.25) is 4.79 Å². The van der Waals surface area contributed by atoms with Crippen LogP contribution in [0.5, 0.6) is 5.88 Å². The number of ether oxygens (including phenoxy) is 2. The van der Waals surface area contributed by atoms with Crippen molar-refractivity contribution in [3.8, 4) is 5.88 Å². The molecule has 0 aliphatic carbocycles. The van der Waals surface area contributed by atoms with E-state index in [9.17, 15) is 9.59 Å². The third-order valence-corrected chi connectivity index (χ3v) is 1.56. The van der Waals surface area contributed by atoms with Crippen molar-refractivity contribution < 1.29 is 19.1 Å². The molecule has 0 aliphatic rings. The summed E-state index contributed by atoms with van der Waals surface area (Å²) in [7, 11) is 2.64. The molecular formula is C9H9NO4. The van der Waals surface area contributed by atoms with Crippen LogP contribution in [0.15, 0.2) is 12.1 Å². The van der Waals surface area contributed by atoms with E-state index in [1.165, 1.54) is 26.4 Å².